The van der Waals surface area contributed by atoms with Crippen LogP contribution in [0.25, 0.3) is 0 Å². The minimum absolute atomic E-state index is 0.0258. The molecule has 0 unspecified atom stereocenters. The van der Waals surface area contributed by atoms with Crippen molar-refractivity contribution in [2.45, 2.75) is 25.0 Å². The highest BCUT2D eigenvalue weighted by molar-refractivity contribution is 6.30. The number of carboxylic acid groups (broad SMARTS) is 1. The van der Waals surface area contributed by atoms with Crippen molar-refractivity contribution in [2.75, 3.05) is 11.9 Å². The molecule has 3 atom stereocenters. The maximum absolute atomic E-state index is 11.1. The number of ether oxygens (including phenoxy) is 1. The van der Waals surface area contributed by atoms with E-state index in [4.69, 9.17) is 21.4 Å². The molecule has 1 saturated heterocycles. The molecule has 5 heteroatoms. The number of hydrogen-bond donors (Lipinski definition) is 2. The highest BCUT2D eigenvalue weighted by Crippen LogP contribution is 2.49. The third-order valence-electron chi connectivity index (χ3n) is 4.94. The lowest BCUT2D eigenvalue weighted by Crippen LogP contribution is -2.36. The fourth-order valence-corrected chi connectivity index (χ4v) is 3.99. The quantitative estimate of drug-likeness (QED) is 0.831. The Morgan fingerprint density at radius 2 is 2.00 bits per heavy atom. The Bertz CT molecular complexity index is 775. The number of halogens is 1. The van der Waals surface area contributed by atoms with E-state index >= 15 is 0 Å². The van der Waals surface area contributed by atoms with Crippen LogP contribution in [-0.2, 0) is 4.74 Å². The summed E-state index contributed by atoms with van der Waals surface area (Å²) in [5.74, 6) is -0.600. The van der Waals surface area contributed by atoms with Crippen LogP contribution in [0.1, 0.15) is 46.5 Å². The molecule has 0 aromatic heterocycles. The van der Waals surface area contributed by atoms with Crippen molar-refractivity contribution in [1.82, 2.24) is 0 Å². The van der Waals surface area contributed by atoms with Gasteiger partial charge in [0.1, 0.15) is 0 Å². The van der Waals surface area contributed by atoms with E-state index in [0.717, 1.165) is 36.3 Å². The molecule has 2 aromatic rings. The van der Waals surface area contributed by atoms with Gasteiger partial charge in [-0.2, -0.15) is 0 Å². The third kappa shape index (κ3) is 2.66. The molecule has 0 saturated carbocycles. The zero-order valence-electron chi connectivity index (χ0n) is 13.0. The van der Waals surface area contributed by atoms with Crippen LogP contribution in [0.2, 0.25) is 5.02 Å². The number of hydrogen-bond acceptors (Lipinski definition) is 3. The Kier molecular flexibility index (Phi) is 3.94. The monoisotopic (exact) mass is 343 g/mol. The average molecular weight is 344 g/mol. The van der Waals surface area contributed by atoms with Gasteiger partial charge in [-0.1, -0.05) is 23.7 Å². The first-order valence-electron chi connectivity index (χ1n) is 8.14. The summed E-state index contributed by atoms with van der Waals surface area (Å²) in [5.41, 5.74) is 3.54. The van der Waals surface area contributed by atoms with E-state index in [1.54, 1.807) is 12.1 Å². The molecule has 2 aliphatic heterocycles. The number of aromatic carboxylic acids is 1. The van der Waals surface area contributed by atoms with E-state index in [0.29, 0.717) is 16.5 Å². The average Bonchev–Trinajstić information content (AvgIpc) is 2.61. The lowest BCUT2D eigenvalue weighted by molar-refractivity contribution is -0.0381. The van der Waals surface area contributed by atoms with Crippen molar-refractivity contribution >= 4 is 23.3 Å². The predicted molar refractivity (Wildman–Crippen MR) is 92.6 cm³/mol. The molecule has 24 heavy (non-hydrogen) atoms. The molecule has 4 rings (SSSR count). The second-order valence-electron chi connectivity index (χ2n) is 6.38. The second-order valence-corrected chi connectivity index (χ2v) is 6.81. The minimum atomic E-state index is -0.906. The van der Waals surface area contributed by atoms with Crippen molar-refractivity contribution < 1.29 is 14.6 Å². The highest BCUT2D eigenvalue weighted by Gasteiger charge is 2.39. The van der Waals surface area contributed by atoms with Crippen molar-refractivity contribution in [2.24, 2.45) is 5.92 Å². The first kappa shape index (κ1) is 15.5. The van der Waals surface area contributed by atoms with Gasteiger partial charge in [0.15, 0.2) is 0 Å². The molecule has 1 fully saturated rings. The van der Waals surface area contributed by atoms with Gasteiger partial charge in [0.2, 0.25) is 0 Å². The molecule has 124 valence electrons. The first-order chi connectivity index (χ1) is 11.6. The van der Waals surface area contributed by atoms with Crippen LogP contribution in [-0.4, -0.2) is 17.7 Å². The molecule has 0 spiro atoms. The number of nitrogens with one attached hydrogen (secondary N) is 1. The fourth-order valence-electron chi connectivity index (χ4n) is 3.80. The summed E-state index contributed by atoms with van der Waals surface area (Å²) in [6.07, 6.45) is 2.12. The van der Waals surface area contributed by atoms with Gasteiger partial charge < -0.3 is 15.2 Å². The van der Waals surface area contributed by atoms with Crippen LogP contribution < -0.4 is 5.32 Å². The Hall–Kier alpha value is -2.04. The first-order valence-corrected chi connectivity index (χ1v) is 8.52. The van der Waals surface area contributed by atoms with E-state index in [2.05, 4.69) is 5.32 Å². The molecule has 2 heterocycles. The maximum atomic E-state index is 11.1. The third-order valence-corrected chi connectivity index (χ3v) is 5.18. The van der Waals surface area contributed by atoms with E-state index in [-0.39, 0.29) is 12.1 Å². The fraction of sp³-hybridized carbons (Fsp3) is 0.316. The van der Waals surface area contributed by atoms with Crippen LogP contribution in [0.15, 0.2) is 42.5 Å². The van der Waals surface area contributed by atoms with Gasteiger partial charge in [-0.25, -0.2) is 4.79 Å². The molecule has 2 N–H and O–H groups in total. The number of anilines is 1. The van der Waals surface area contributed by atoms with Gasteiger partial charge in [-0.05, 0) is 48.7 Å². The number of rotatable bonds is 2. The Balaban J connectivity index is 1.73. The molecule has 2 aromatic carbocycles. The summed E-state index contributed by atoms with van der Waals surface area (Å²) in [6, 6.07) is 13.1. The van der Waals surface area contributed by atoms with E-state index in [1.165, 1.54) is 0 Å². The lowest BCUT2D eigenvalue weighted by atomic mass is 9.77. The topological polar surface area (TPSA) is 58.6 Å². The molecule has 0 bridgehead atoms. The summed E-state index contributed by atoms with van der Waals surface area (Å²) >= 11 is 6.17. The molecule has 2 aliphatic rings. The largest absolute Gasteiger partial charge is 0.478 e. The zero-order chi connectivity index (χ0) is 16.7. The summed E-state index contributed by atoms with van der Waals surface area (Å²) < 4.78 is 6.08. The lowest BCUT2D eigenvalue weighted by Gasteiger charge is -2.43. The van der Waals surface area contributed by atoms with E-state index in [9.17, 15) is 4.79 Å². The van der Waals surface area contributed by atoms with E-state index in [1.807, 2.05) is 30.3 Å². The molecule has 4 nitrogen and oxygen atoms in total. The summed E-state index contributed by atoms with van der Waals surface area (Å²) in [4.78, 5) is 11.1. The van der Waals surface area contributed by atoms with Gasteiger partial charge in [-0.3, -0.25) is 0 Å². The smallest absolute Gasteiger partial charge is 0.335 e. The summed E-state index contributed by atoms with van der Waals surface area (Å²) in [5, 5.41) is 13.4. The number of carboxylic acids is 1. The number of carbonyl (C=O) groups is 1. The normalized spacial score (nSPS) is 25.3. The molecule has 0 amide bonds. The minimum Gasteiger partial charge on any atom is -0.478 e. The van der Waals surface area contributed by atoms with Gasteiger partial charge in [-0.15, -0.1) is 0 Å². The van der Waals surface area contributed by atoms with Crippen molar-refractivity contribution in [3.63, 3.8) is 0 Å². The Morgan fingerprint density at radius 3 is 2.75 bits per heavy atom. The van der Waals surface area contributed by atoms with Crippen molar-refractivity contribution in [3.8, 4) is 0 Å². The zero-order valence-corrected chi connectivity index (χ0v) is 13.8. The van der Waals surface area contributed by atoms with Gasteiger partial charge in [0, 0.05) is 28.8 Å². The second kappa shape index (κ2) is 6.11. The van der Waals surface area contributed by atoms with Crippen molar-refractivity contribution in [1.29, 1.82) is 0 Å². The molecular formula is C19H18ClNO3. The van der Waals surface area contributed by atoms with E-state index < -0.39 is 5.97 Å². The number of fused-ring (bicyclic) bond motifs is 3. The molecule has 0 aliphatic carbocycles. The van der Waals surface area contributed by atoms with Crippen LogP contribution in [0.3, 0.4) is 0 Å². The summed E-state index contributed by atoms with van der Waals surface area (Å²) in [7, 11) is 0. The Morgan fingerprint density at radius 1 is 1.21 bits per heavy atom. The van der Waals surface area contributed by atoms with Crippen LogP contribution in [0.5, 0.6) is 0 Å². The van der Waals surface area contributed by atoms with Crippen molar-refractivity contribution in [3.05, 3.63) is 64.2 Å². The number of benzene rings is 2. The standard InChI is InChI=1S/C19H18ClNO3/c20-13-7-8-16-15(10-13)18-14(2-1-9-24-18)17(21-16)11-3-5-12(6-4-11)19(22)23/h3-8,10,14,17-18,21H,1-2,9H2,(H,22,23)/t14-,17-,18+/m0/s1. The maximum Gasteiger partial charge on any atom is 0.335 e. The predicted octanol–water partition coefficient (Wildman–Crippen LogP) is 4.67. The van der Waals surface area contributed by atoms with Gasteiger partial charge >= 0.3 is 5.97 Å². The highest BCUT2D eigenvalue weighted by atomic mass is 35.5. The Labute approximate surface area is 145 Å². The van der Waals surface area contributed by atoms with Crippen LogP contribution in [0, 0.1) is 5.92 Å². The summed E-state index contributed by atoms with van der Waals surface area (Å²) in [6.45, 7) is 0.762. The molecular weight excluding hydrogens is 326 g/mol. The SMILES string of the molecule is O=C(O)c1ccc([C@@H]2Nc3ccc(Cl)cc3[C@@H]3OCCC[C@@H]23)cc1. The molecule has 0 radical (unpaired) electrons. The van der Waals surface area contributed by atoms with Gasteiger partial charge in [0.25, 0.3) is 0 Å². The van der Waals surface area contributed by atoms with Crippen LogP contribution in [0.4, 0.5) is 5.69 Å². The van der Waals surface area contributed by atoms with Gasteiger partial charge in [0.05, 0.1) is 17.7 Å². The van der Waals surface area contributed by atoms with Crippen LogP contribution >= 0.6 is 11.6 Å².